The van der Waals surface area contributed by atoms with E-state index >= 15 is 0 Å². The SMILES string of the molecule is CN(Cc1ccc(F)cc1)C(=O)C[NH+]1CCC(c2nc3ccccc3s2)CC1. The van der Waals surface area contributed by atoms with Gasteiger partial charge in [-0.3, -0.25) is 4.79 Å². The van der Waals surface area contributed by atoms with E-state index < -0.39 is 0 Å². The highest BCUT2D eigenvalue weighted by Crippen LogP contribution is 2.31. The van der Waals surface area contributed by atoms with Crippen LogP contribution in [0.15, 0.2) is 48.5 Å². The van der Waals surface area contributed by atoms with Crippen LogP contribution in [0, 0.1) is 5.82 Å². The van der Waals surface area contributed by atoms with Gasteiger partial charge in [-0.2, -0.15) is 0 Å². The van der Waals surface area contributed by atoms with Gasteiger partial charge in [-0.05, 0) is 29.8 Å². The molecule has 0 saturated carbocycles. The molecule has 2 aromatic carbocycles. The van der Waals surface area contributed by atoms with E-state index in [4.69, 9.17) is 4.98 Å². The van der Waals surface area contributed by atoms with Crippen molar-refractivity contribution in [3.05, 3.63) is 64.9 Å². The second-order valence-corrected chi connectivity index (χ2v) is 8.66. The molecule has 146 valence electrons. The molecule has 1 fully saturated rings. The quantitative estimate of drug-likeness (QED) is 0.718. The minimum Gasteiger partial charge on any atom is -0.337 e. The molecule has 1 N–H and O–H groups in total. The van der Waals surface area contributed by atoms with Crippen LogP contribution in [0.2, 0.25) is 0 Å². The Morgan fingerprint density at radius 3 is 2.61 bits per heavy atom. The maximum Gasteiger partial charge on any atom is 0.277 e. The van der Waals surface area contributed by atoms with Gasteiger partial charge in [0.1, 0.15) is 5.82 Å². The molecule has 0 atom stereocenters. The highest BCUT2D eigenvalue weighted by molar-refractivity contribution is 7.18. The van der Waals surface area contributed by atoms with E-state index in [2.05, 4.69) is 18.2 Å². The number of nitrogens with zero attached hydrogens (tertiary/aromatic N) is 2. The number of likely N-dealkylation sites (tertiary alicyclic amines) is 1. The van der Waals surface area contributed by atoms with Gasteiger partial charge in [0.25, 0.3) is 5.91 Å². The first-order valence-corrected chi connectivity index (χ1v) is 10.6. The van der Waals surface area contributed by atoms with Crippen molar-refractivity contribution in [1.29, 1.82) is 0 Å². The van der Waals surface area contributed by atoms with Crippen molar-refractivity contribution in [3.63, 3.8) is 0 Å². The smallest absolute Gasteiger partial charge is 0.277 e. The standard InChI is InChI=1S/C22H24FN3OS/c1-25(14-16-6-8-18(23)9-7-16)21(27)15-26-12-10-17(11-13-26)22-24-19-4-2-3-5-20(19)28-22/h2-9,17H,10-15H2,1H3/p+1. The third kappa shape index (κ3) is 4.39. The van der Waals surface area contributed by atoms with Crippen molar-refractivity contribution in [1.82, 2.24) is 9.88 Å². The number of quaternary nitrogens is 1. The molecule has 0 aliphatic carbocycles. The normalized spacial score (nSPS) is 19.6. The number of aromatic nitrogens is 1. The first-order chi connectivity index (χ1) is 13.6. The van der Waals surface area contributed by atoms with Crippen LogP contribution in [0.3, 0.4) is 0 Å². The molecule has 28 heavy (non-hydrogen) atoms. The number of halogens is 1. The average molecular weight is 399 g/mol. The number of carbonyl (C=O) groups is 1. The van der Waals surface area contributed by atoms with Crippen LogP contribution in [-0.4, -0.2) is 42.5 Å². The summed E-state index contributed by atoms with van der Waals surface area (Å²) < 4.78 is 14.3. The molecule has 3 aromatic rings. The highest BCUT2D eigenvalue weighted by Gasteiger charge is 2.27. The zero-order chi connectivity index (χ0) is 19.5. The van der Waals surface area contributed by atoms with Gasteiger partial charge in [-0.15, -0.1) is 11.3 Å². The molecule has 0 bridgehead atoms. The molecule has 1 aliphatic heterocycles. The van der Waals surface area contributed by atoms with Crippen molar-refractivity contribution in [2.75, 3.05) is 26.7 Å². The Bertz CT molecular complexity index is 915. The lowest BCUT2D eigenvalue weighted by Gasteiger charge is -2.29. The fourth-order valence-electron chi connectivity index (χ4n) is 3.82. The second-order valence-electron chi connectivity index (χ2n) is 7.60. The lowest BCUT2D eigenvalue weighted by Crippen LogP contribution is -3.14. The largest absolute Gasteiger partial charge is 0.337 e. The Labute approximate surface area is 168 Å². The van der Waals surface area contributed by atoms with E-state index in [1.165, 1.54) is 26.7 Å². The summed E-state index contributed by atoms with van der Waals surface area (Å²) in [4.78, 5) is 20.5. The van der Waals surface area contributed by atoms with Crippen molar-refractivity contribution in [2.45, 2.75) is 25.3 Å². The molecular weight excluding hydrogens is 373 g/mol. The molecule has 1 aromatic heterocycles. The van der Waals surface area contributed by atoms with Gasteiger partial charge in [0.2, 0.25) is 0 Å². The van der Waals surface area contributed by atoms with Crippen LogP contribution in [0.4, 0.5) is 4.39 Å². The molecule has 1 aliphatic rings. The fourth-order valence-corrected chi connectivity index (χ4v) is 4.95. The van der Waals surface area contributed by atoms with Gasteiger partial charge in [0.05, 0.1) is 28.3 Å². The van der Waals surface area contributed by atoms with Gasteiger partial charge in [-0.1, -0.05) is 24.3 Å². The fraction of sp³-hybridized carbons (Fsp3) is 0.364. The molecule has 4 nitrogen and oxygen atoms in total. The van der Waals surface area contributed by atoms with Gasteiger partial charge in [0.15, 0.2) is 6.54 Å². The topological polar surface area (TPSA) is 37.6 Å². The van der Waals surface area contributed by atoms with E-state index in [-0.39, 0.29) is 11.7 Å². The lowest BCUT2D eigenvalue weighted by atomic mass is 9.97. The zero-order valence-electron chi connectivity index (χ0n) is 16.0. The van der Waals surface area contributed by atoms with Crippen LogP contribution in [0.25, 0.3) is 10.2 Å². The van der Waals surface area contributed by atoms with Crippen LogP contribution in [0.1, 0.15) is 29.3 Å². The number of hydrogen-bond donors (Lipinski definition) is 1. The number of thiazole rings is 1. The third-order valence-electron chi connectivity index (χ3n) is 5.51. The Balaban J connectivity index is 1.28. The van der Waals surface area contributed by atoms with Gasteiger partial charge < -0.3 is 9.80 Å². The monoisotopic (exact) mass is 398 g/mol. The highest BCUT2D eigenvalue weighted by atomic mass is 32.1. The van der Waals surface area contributed by atoms with Crippen molar-refractivity contribution < 1.29 is 14.1 Å². The number of likely N-dealkylation sites (N-methyl/N-ethyl adjacent to an activating group) is 1. The summed E-state index contributed by atoms with van der Waals surface area (Å²) >= 11 is 1.80. The lowest BCUT2D eigenvalue weighted by molar-refractivity contribution is -0.897. The Hall–Kier alpha value is -2.31. The van der Waals surface area contributed by atoms with Crippen molar-refractivity contribution in [3.8, 4) is 0 Å². The molecular formula is C22H25FN3OS+. The van der Waals surface area contributed by atoms with Crippen LogP contribution in [0.5, 0.6) is 0 Å². The van der Waals surface area contributed by atoms with E-state index in [1.54, 1.807) is 28.4 Å². The molecule has 0 spiro atoms. The maximum absolute atomic E-state index is 13.0. The van der Waals surface area contributed by atoms with Crippen LogP contribution in [-0.2, 0) is 11.3 Å². The van der Waals surface area contributed by atoms with E-state index in [0.717, 1.165) is 37.0 Å². The molecule has 6 heteroatoms. The summed E-state index contributed by atoms with van der Waals surface area (Å²) in [6.07, 6.45) is 2.15. The number of fused-ring (bicyclic) bond motifs is 1. The molecule has 1 amide bonds. The minimum absolute atomic E-state index is 0.137. The predicted molar refractivity (Wildman–Crippen MR) is 110 cm³/mol. The summed E-state index contributed by atoms with van der Waals surface area (Å²) in [6, 6.07) is 14.6. The zero-order valence-corrected chi connectivity index (χ0v) is 16.8. The number of rotatable bonds is 5. The number of nitrogens with one attached hydrogen (secondary N) is 1. The van der Waals surface area contributed by atoms with Gasteiger partial charge in [0, 0.05) is 32.4 Å². The Morgan fingerprint density at radius 1 is 1.18 bits per heavy atom. The predicted octanol–water partition coefficient (Wildman–Crippen LogP) is 2.86. The van der Waals surface area contributed by atoms with Crippen molar-refractivity contribution >= 4 is 27.5 Å². The summed E-state index contributed by atoms with van der Waals surface area (Å²) in [5.74, 6) is 0.393. The summed E-state index contributed by atoms with van der Waals surface area (Å²) in [7, 11) is 1.82. The minimum atomic E-state index is -0.252. The summed E-state index contributed by atoms with van der Waals surface area (Å²) in [5, 5.41) is 1.24. The van der Waals surface area contributed by atoms with E-state index in [9.17, 15) is 9.18 Å². The van der Waals surface area contributed by atoms with Crippen molar-refractivity contribution in [2.24, 2.45) is 0 Å². The first kappa shape index (κ1) is 19.0. The van der Waals surface area contributed by atoms with Crippen LogP contribution < -0.4 is 4.90 Å². The molecule has 0 unspecified atom stereocenters. The number of amides is 1. The Morgan fingerprint density at radius 2 is 1.89 bits per heavy atom. The Kier molecular flexibility index (Phi) is 5.69. The third-order valence-corrected chi connectivity index (χ3v) is 6.71. The number of piperidine rings is 1. The molecule has 0 radical (unpaired) electrons. The van der Waals surface area contributed by atoms with E-state index in [0.29, 0.717) is 19.0 Å². The maximum atomic E-state index is 13.0. The van der Waals surface area contributed by atoms with E-state index in [1.807, 2.05) is 13.1 Å². The second kappa shape index (κ2) is 8.37. The van der Waals surface area contributed by atoms with Gasteiger partial charge in [-0.25, -0.2) is 9.37 Å². The first-order valence-electron chi connectivity index (χ1n) is 9.76. The number of benzene rings is 2. The molecule has 4 rings (SSSR count). The average Bonchev–Trinajstić information content (AvgIpc) is 3.14. The summed E-state index contributed by atoms with van der Waals surface area (Å²) in [5.41, 5.74) is 2.04. The number of para-hydroxylation sites is 1. The number of carbonyl (C=O) groups excluding carboxylic acids is 1. The molecule has 1 saturated heterocycles. The molecule has 2 heterocycles. The van der Waals surface area contributed by atoms with Crippen LogP contribution >= 0.6 is 11.3 Å². The summed E-state index contributed by atoms with van der Waals surface area (Å²) in [6.45, 7) is 3.03. The number of hydrogen-bond acceptors (Lipinski definition) is 3. The van der Waals surface area contributed by atoms with Gasteiger partial charge >= 0.3 is 0 Å².